The van der Waals surface area contributed by atoms with Crippen molar-refractivity contribution in [3.05, 3.63) is 29.8 Å². The molecule has 2 rings (SSSR count). The van der Waals surface area contributed by atoms with Gasteiger partial charge in [-0.3, -0.25) is 4.79 Å². The highest BCUT2D eigenvalue weighted by atomic mass is 35.5. The maximum atomic E-state index is 10.9. The maximum absolute atomic E-state index is 10.9. The SMILES string of the molecule is Cl.NC(=O)c1ccc(NC2CCNCC2)cc1. The van der Waals surface area contributed by atoms with Crippen LogP contribution in [-0.4, -0.2) is 25.0 Å². The van der Waals surface area contributed by atoms with Gasteiger partial charge in [-0.15, -0.1) is 12.4 Å². The predicted octanol–water partition coefficient (Wildman–Crippen LogP) is 1.37. The molecule has 4 N–H and O–H groups in total. The first-order valence-electron chi connectivity index (χ1n) is 5.63. The van der Waals surface area contributed by atoms with Crippen LogP contribution in [-0.2, 0) is 0 Å². The van der Waals surface area contributed by atoms with Crippen LogP contribution in [0.4, 0.5) is 5.69 Å². The summed E-state index contributed by atoms with van der Waals surface area (Å²) < 4.78 is 0. The molecular weight excluding hydrogens is 238 g/mol. The fourth-order valence-corrected chi connectivity index (χ4v) is 1.93. The van der Waals surface area contributed by atoms with E-state index in [4.69, 9.17) is 5.73 Å². The summed E-state index contributed by atoms with van der Waals surface area (Å²) in [6, 6.07) is 7.85. The molecule has 1 aromatic carbocycles. The highest BCUT2D eigenvalue weighted by molar-refractivity contribution is 5.93. The Morgan fingerprint density at radius 2 is 1.82 bits per heavy atom. The van der Waals surface area contributed by atoms with Gasteiger partial charge in [0.05, 0.1) is 0 Å². The van der Waals surface area contributed by atoms with E-state index in [0.29, 0.717) is 11.6 Å². The van der Waals surface area contributed by atoms with E-state index < -0.39 is 0 Å². The van der Waals surface area contributed by atoms with Crippen LogP contribution in [0.3, 0.4) is 0 Å². The predicted molar refractivity (Wildman–Crippen MR) is 71.7 cm³/mol. The van der Waals surface area contributed by atoms with E-state index in [9.17, 15) is 4.79 Å². The first-order chi connectivity index (χ1) is 7.75. The Kier molecular flexibility index (Phi) is 5.25. The smallest absolute Gasteiger partial charge is 0.248 e. The zero-order valence-corrected chi connectivity index (χ0v) is 10.4. The van der Waals surface area contributed by atoms with Crippen molar-refractivity contribution < 1.29 is 4.79 Å². The number of carbonyl (C=O) groups is 1. The van der Waals surface area contributed by atoms with Crippen LogP contribution in [0.15, 0.2) is 24.3 Å². The third kappa shape index (κ3) is 3.91. The second-order valence-corrected chi connectivity index (χ2v) is 4.11. The Bertz CT molecular complexity index is 361. The number of nitrogens with two attached hydrogens (primary N) is 1. The van der Waals surface area contributed by atoms with Gasteiger partial charge in [-0.1, -0.05) is 0 Å². The van der Waals surface area contributed by atoms with Crippen molar-refractivity contribution in [3.8, 4) is 0 Å². The summed E-state index contributed by atoms with van der Waals surface area (Å²) in [7, 11) is 0. The lowest BCUT2D eigenvalue weighted by Crippen LogP contribution is -2.35. The molecular formula is C12H18ClN3O. The molecule has 1 aliphatic heterocycles. The third-order valence-electron chi connectivity index (χ3n) is 2.88. The molecule has 4 nitrogen and oxygen atoms in total. The van der Waals surface area contributed by atoms with E-state index in [1.54, 1.807) is 12.1 Å². The minimum atomic E-state index is -0.381. The Morgan fingerprint density at radius 1 is 1.24 bits per heavy atom. The fourth-order valence-electron chi connectivity index (χ4n) is 1.93. The summed E-state index contributed by atoms with van der Waals surface area (Å²) in [6.45, 7) is 2.13. The topological polar surface area (TPSA) is 67.2 Å². The second kappa shape index (κ2) is 6.47. The number of primary amides is 1. The molecule has 1 aromatic rings. The van der Waals surface area contributed by atoms with Gasteiger partial charge in [0.15, 0.2) is 0 Å². The number of hydrogen-bond donors (Lipinski definition) is 3. The van der Waals surface area contributed by atoms with Gasteiger partial charge in [-0.25, -0.2) is 0 Å². The molecule has 1 fully saturated rings. The highest BCUT2D eigenvalue weighted by Gasteiger charge is 2.12. The number of carbonyl (C=O) groups excluding carboxylic acids is 1. The molecule has 0 bridgehead atoms. The van der Waals surface area contributed by atoms with E-state index in [0.717, 1.165) is 31.6 Å². The van der Waals surface area contributed by atoms with E-state index in [-0.39, 0.29) is 18.3 Å². The Balaban J connectivity index is 0.00000144. The molecule has 0 aromatic heterocycles. The summed E-state index contributed by atoms with van der Waals surface area (Å²) in [6.07, 6.45) is 2.27. The van der Waals surface area contributed by atoms with E-state index in [2.05, 4.69) is 10.6 Å². The van der Waals surface area contributed by atoms with Gasteiger partial charge in [0.1, 0.15) is 0 Å². The van der Waals surface area contributed by atoms with Gasteiger partial charge in [0.25, 0.3) is 0 Å². The van der Waals surface area contributed by atoms with Crippen LogP contribution in [0, 0.1) is 0 Å². The minimum Gasteiger partial charge on any atom is -0.382 e. The highest BCUT2D eigenvalue weighted by Crippen LogP contribution is 2.14. The van der Waals surface area contributed by atoms with Gasteiger partial charge >= 0.3 is 0 Å². The monoisotopic (exact) mass is 255 g/mol. The largest absolute Gasteiger partial charge is 0.382 e. The summed E-state index contributed by atoms with van der Waals surface area (Å²) in [4.78, 5) is 10.9. The van der Waals surface area contributed by atoms with Crippen LogP contribution in [0.5, 0.6) is 0 Å². The number of halogens is 1. The summed E-state index contributed by atoms with van der Waals surface area (Å²) >= 11 is 0. The molecule has 0 spiro atoms. The van der Waals surface area contributed by atoms with Crippen LogP contribution >= 0.6 is 12.4 Å². The van der Waals surface area contributed by atoms with Crippen LogP contribution in [0.1, 0.15) is 23.2 Å². The standard InChI is InChI=1S/C12H17N3O.ClH/c13-12(16)9-1-3-10(4-2-9)15-11-5-7-14-8-6-11;/h1-4,11,14-15H,5-8H2,(H2,13,16);1H. The molecule has 0 saturated carbocycles. The fraction of sp³-hybridized carbons (Fsp3) is 0.417. The van der Waals surface area contributed by atoms with Crippen molar-refractivity contribution >= 4 is 24.0 Å². The van der Waals surface area contributed by atoms with Crippen molar-refractivity contribution in [3.63, 3.8) is 0 Å². The van der Waals surface area contributed by atoms with Gasteiger partial charge in [-0.2, -0.15) is 0 Å². The summed E-state index contributed by atoms with van der Waals surface area (Å²) in [5.74, 6) is -0.381. The van der Waals surface area contributed by atoms with Gasteiger partial charge in [-0.05, 0) is 50.2 Å². The number of anilines is 1. The molecule has 1 heterocycles. The average molecular weight is 256 g/mol. The molecule has 1 saturated heterocycles. The van der Waals surface area contributed by atoms with Gasteiger partial charge in [0, 0.05) is 17.3 Å². The molecule has 1 amide bonds. The number of benzene rings is 1. The lowest BCUT2D eigenvalue weighted by molar-refractivity contribution is 0.100. The average Bonchev–Trinajstić information content (AvgIpc) is 2.31. The van der Waals surface area contributed by atoms with Crippen LogP contribution in [0.2, 0.25) is 0 Å². The van der Waals surface area contributed by atoms with Crippen molar-refractivity contribution in [2.45, 2.75) is 18.9 Å². The van der Waals surface area contributed by atoms with Gasteiger partial charge < -0.3 is 16.4 Å². The summed E-state index contributed by atoms with van der Waals surface area (Å²) in [5, 5.41) is 6.78. The molecule has 94 valence electrons. The Labute approximate surface area is 107 Å². The molecule has 0 atom stereocenters. The lowest BCUT2D eigenvalue weighted by Gasteiger charge is -2.24. The quantitative estimate of drug-likeness (QED) is 0.764. The van der Waals surface area contributed by atoms with Crippen molar-refractivity contribution in [1.82, 2.24) is 5.32 Å². The Hall–Kier alpha value is -1.26. The van der Waals surface area contributed by atoms with Crippen LogP contribution in [0.25, 0.3) is 0 Å². The van der Waals surface area contributed by atoms with E-state index in [1.807, 2.05) is 12.1 Å². The number of nitrogens with one attached hydrogen (secondary N) is 2. The van der Waals surface area contributed by atoms with Crippen molar-refractivity contribution in [1.29, 1.82) is 0 Å². The molecule has 17 heavy (non-hydrogen) atoms. The molecule has 0 aliphatic carbocycles. The number of hydrogen-bond acceptors (Lipinski definition) is 3. The minimum absolute atomic E-state index is 0. The summed E-state index contributed by atoms with van der Waals surface area (Å²) in [5.41, 5.74) is 6.78. The first-order valence-corrected chi connectivity index (χ1v) is 5.63. The normalized spacial score (nSPS) is 16.0. The second-order valence-electron chi connectivity index (χ2n) is 4.11. The van der Waals surface area contributed by atoms with E-state index in [1.165, 1.54) is 0 Å². The zero-order valence-electron chi connectivity index (χ0n) is 9.61. The lowest BCUT2D eigenvalue weighted by atomic mass is 10.1. The van der Waals surface area contributed by atoms with Crippen molar-refractivity contribution in [2.24, 2.45) is 5.73 Å². The Morgan fingerprint density at radius 3 is 2.35 bits per heavy atom. The first kappa shape index (κ1) is 13.8. The number of piperidine rings is 1. The van der Waals surface area contributed by atoms with E-state index >= 15 is 0 Å². The molecule has 1 aliphatic rings. The number of amides is 1. The molecule has 0 unspecified atom stereocenters. The van der Waals surface area contributed by atoms with Gasteiger partial charge in [0.2, 0.25) is 5.91 Å². The molecule has 5 heteroatoms. The maximum Gasteiger partial charge on any atom is 0.248 e. The van der Waals surface area contributed by atoms with Crippen LogP contribution < -0.4 is 16.4 Å². The molecule has 0 radical (unpaired) electrons. The number of rotatable bonds is 3. The van der Waals surface area contributed by atoms with Crippen molar-refractivity contribution in [2.75, 3.05) is 18.4 Å². The third-order valence-corrected chi connectivity index (χ3v) is 2.88. The zero-order chi connectivity index (χ0) is 11.4.